The van der Waals surface area contributed by atoms with Crippen LogP contribution in [-0.2, 0) is 9.53 Å². The predicted molar refractivity (Wildman–Crippen MR) is 74.6 cm³/mol. The van der Waals surface area contributed by atoms with E-state index in [1.54, 1.807) is 11.9 Å². The highest BCUT2D eigenvalue weighted by Crippen LogP contribution is 2.16. The topological polar surface area (TPSA) is 55.6 Å². The van der Waals surface area contributed by atoms with Crippen LogP contribution in [0.4, 0.5) is 0 Å². The van der Waals surface area contributed by atoms with Crippen LogP contribution < -0.4 is 5.73 Å². The van der Waals surface area contributed by atoms with Gasteiger partial charge in [0.25, 0.3) is 0 Å². The lowest BCUT2D eigenvalue weighted by atomic mass is 10.1. The minimum atomic E-state index is -0.588. The van der Waals surface area contributed by atoms with Gasteiger partial charge in [-0.3, -0.25) is 4.79 Å². The van der Waals surface area contributed by atoms with Crippen molar-refractivity contribution in [1.82, 2.24) is 4.90 Å². The van der Waals surface area contributed by atoms with Crippen LogP contribution in [0, 0.1) is 0 Å². The first-order valence-electron chi connectivity index (χ1n) is 6.85. The van der Waals surface area contributed by atoms with Crippen LogP contribution in [-0.4, -0.2) is 37.1 Å². The van der Waals surface area contributed by atoms with Crippen LogP contribution in [0.25, 0.3) is 0 Å². The molecule has 2 rings (SSSR count). The molecule has 1 aliphatic heterocycles. The number of carbonyl (C=O) groups excluding carboxylic acids is 1. The number of amides is 1. The maximum absolute atomic E-state index is 12.3. The Labute approximate surface area is 114 Å². The predicted octanol–water partition coefficient (Wildman–Crippen LogP) is 1.71. The number of benzene rings is 1. The second-order valence-electron chi connectivity index (χ2n) is 5.10. The summed E-state index contributed by atoms with van der Waals surface area (Å²) < 4.78 is 5.65. The first-order chi connectivity index (χ1) is 9.18. The minimum absolute atomic E-state index is 0.0552. The van der Waals surface area contributed by atoms with E-state index in [-0.39, 0.29) is 12.0 Å². The molecule has 0 spiro atoms. The van der Waals surface area contributed by atoms with Gasteiger partial charge in [-0.15, -0.1) is 0 Å². The molecule has 1 aromatic carbocycles. The molecular weight excluding hydrogens is 240 g/mol. The van der Waals surface area contributed by atoms with Crippen molar-refractivity contribution in [1.29, 1.82) is 0 Å². The number of carbonyl (C=O) groups is 1. The number of nitrogens with two attached hydrogens (primary N) is 1. The molecule has 19 heavy (non-hydrogen) atoms. The van der Waals surface area contributed by atoms with Crippen LogP contribution in [0.1, 0.15) is 30.9 Å². The Hall–Kier alpha value is -1.39. The molecule has 1 amide bonds. The fraction of sp³-hybridized carbons (Fsp3) is 0.533. The Kier molecular flexibility index (Phi) is 4.93. The number of nitrogens with zero attached hydrogens (tertiary/aromatic N) is 1. The van der Waals surface area contributed by atoms with Gasteiger partial charge in [0.1, 0.15) is 6.04 Å². The van der Waals surface area contributed by atoms with E-state index in [2.05, 4.69) is 0 Å². The fourth-order valence-electron chi connectivity index (χ4n) is 2.39. The SMILES string of the molecule is CN(CC1CCCCO1)C(=O)[C@H](N)c1ccccc1. The summed E-state index contributed by atoms with van der Waals surface area (Å²) in [5.74, 6) is -0.0552. The largest absolute Gasteiger partial charge is 0.376 e. The van der Waals surface area contributed by atoms with Gasteiger partial charge < -0.3 is 15.4 Å². The minimum Gasteiger partial charge on any atom is -0.376 e. The first-order valence-corrected chi connectivity index (χ1v) is 6.85. The average Bonchev–Trinajstić information content (AvgIpc) is 2.47. The van der Waals surface area contributed by atoms with Gasteiger partial charge >= 0.3 is 0 Å². The zero-order valence-corrected chi connectivity index (χ0v) is 11.4. The molecule has 0 saturated carbocycles. The van der Waals surface area contributed by atoms with E-state index in [9.17, 15) is 4.79 Å². The van der Waals surface area contributed by atoms with Crippen molar-refractivity contribution in [2.24, 2.45) is 5.73 Å². The summed E-state index contributed by atoms with van der Waals surface area (Å²) in [7, 11) is 1.79. The third-order valence-electron chi connectivity index (χ3n) is 3.55. The standard InChI is InChI=1S/C15H22N2O2/c1-17(11-13-9-5-6-10-19-13)15(18)14(16)12-7-3-2-4-8-12/h2-4,7-8,13-14H,5-6,9-11,16H2,1H3/t13?,14-/m1/s1. The van der Waals surface area contributed by atoms with Crippen molar-refractivity contribution in [2.45, 2.75) is 31.4 Å². The van der Waals surface area contributed by atoms with Crippen LogP contribution in [0.2, 0.25) is 0 Å². The highest BCUT2D eigenvalue weighted by Gasteiger charge is 2.23. The zero-order valence-electron chi connectivity index (χ0n) is 11.4. The molecule has 1 aliphatic rings. The summed E-state index contributed by atoms with van der Waals surface area (Å²) in [6.07, 6.45) is 3.48. The molecular formula is C15H22N2O2. The lowest BCUT2D eigenvalue weighted by Crippen LogP contribution is -2.41. The molecule has 1 unspecified atom stereocenters. The molecule has 0 aromatic heterocycles. The van der Waals surface area contributed by atoms with Crippen molar-refractivity contribution >= 4 is 5.91 Å². The van der Waals surface area contributed by atoms with E-state index < -0.39 is 6.04 Å². The highest BCUT2D eigenvalue weighted by atomic mass is 16.5. The van der Waals surface area contributed by atoms with E-state index in [0.29, 0.717) is 6.54 Å². The maximum atomic E-state index is 12.3. The van der Waals surface area contributed by atoms with E-state index in [1.807, 2.05) is 30.3 Å². The van der Waals surface area contributed by atoms with E-state index in [1.165, 1.54) is 6.42 Å². The molecule has 1 aromatic rings. The van der Waals surface area contributed by atoms with Crippen molar-refractivity contribution < 1.29 is 9.53 Å². The summed E-state index contributed by atoms with van der Waals surface area (Å²) in [6, 6.07) is 8.88. The molecule has 0 aliphatic carbocycles. The summed E-state index contributed by atoms with van der Waals surface area (Å²) in [4.78, 5) is 14.0. The monoisotopic (exact) mass is 262 g/mol. The third kappa shape index (κ3) is 3.78. The van der Waals surface area contributed by atoms with Gasteiger partial charge in [-0.1, -0.05) is 30.3 Å². The molecule has 1 saturated heterocycles. The van der Waals surface area contributed by atoms with Gasteiger partial charge in [-0.25, -0.2) is 0 Å². The normalized spacial score (nSPS) is 20.8. The van der Waals surface area contributed by atoms with Crippen LogP contribution >= 0.6 is 0 Å². The lowest BCUT2D eigenvalue weighted by molar-refractivity contribution is -0.133. The Morgan fingerprint density at radius 1 is 1.42 bits per heavy atom. The van der Waals surface area contributed by atoms with Crippen LogP contribution in [0.5, 0.6) is 0 Å². The van der Waals surface area contributed by atoms with Crippen molar-refractivity contribution in [2.75, 3.05) is 20.2 Å². The second-order valence-corrected chi connectivity index (χ2v) is 5.10. The van der Waals surface area contributed by atoms with E-state index >= 15 is 0 Å². The lowest BCUT2D eigenvalue weighted by Gasteiger charge is -2.29. The Bertz CT molecular complexity index is 402. The van der Waals surface area contributed by atoms with Gasteiger partial charge in [-0.2, -0.15) is 0 Å². The molecule has 0 radical (unpaired) electrons. The van der Waals surface area contributed by atoms with Gasteiger partial charge in [-0.05, 0) is 24.8 Å². The third-order valence-corrected chi connectivity index (χ3v) is 3.55. The molecule has 4 heteroatoms. The molecule has 4 nitrogen and oxygen atoms in total. The molecule has 1 heterocycles. The summed E-state index contributed by atoms with van der Waals surface area (Å²) in [5.41, 5.74) is 6.86. The van der Waals surface area contributed by atoms with Crippen LogP contribution in [0.15, 0.2) is 30.3 Å². The van der Waals surface area contributed by atoms with Crippen molar-refractivity contribution in [3.8, 4) is 0 Å². The van der Waals surface area contributed by atoms with Crippen LogP contribution in [0.3, 0.4) is 0 Å². The molecule has 2 N–H and O–H groups in total. The van der Waals surface area contributed by atoms with E-state index in [0.717, 1.165) is 25.0 Å². The number of hydrogen-bond acceptors (Lipinski definition) is 3. The quantitative estimate of drug-likeness (QED) is 0.898. The summed E-state index contributed by atoms with van der Waals surface area (Å²) in [6.45, 7) is 1.43. The molecule has 104 valence electrons. The maximum Gasteiger partial charge on any atom is 0.243 e. The Morgan fingerprint density at radius 3 is 2.79 bits per heavy atom. The number of ether oxygens (including phenoxy) is 1. The number of hydrogen-bond donors (Lipinski definition) is 1. The molecule has 2 atom stereocenters. The molecule has 1 fully saturated rings. The summed E-state index contributed by atoms with van der Waals surface area (Å²) in [5, 5.41) is 0. The fourth-order valence-corrected chi connectivity index (χ4v) is 2.39. The van der Waals surface area contributed by atoms with Crippen molar-refractivity contribution in [3.05, 3.63) is 35.9 Å². The Balaban J connectivity index is 1.91. The van der Waals surface area contributed by atoms with Gasteiger partial charge in [0, 0.05) is 20.2 Å². The van der Waals surface area contributed by atoms with Gasteiger partial charge in [0.05, 0.1) is 6.10 Å². The van der Waals surface area contributed by atoms with Gasteiger partial charge in [0.2, 0.25) is 5.91 Å². The second kappa shape index (κ2) is 6.68. The zero-order chi connectivity index (χ0) is 13.7. The Morgan fingerprint density at radius 2 is 2.16 bits per heavy atom. The number of likely N-dealkylation sites (N-methyl/N-ethyl adjacent to an activating group) is 1. The highest BCUT2D eigenvalue weighted by molar-refractivity contribution is 5.82. The molecule has 0 bridgehead atoms. The van der Waals surface area contributed by atoms with E-state index in [4.69, 9.17) is 10.5 Å². The average molecular weight is 262 g/mol. The van der Waals surface area contributed by atoms with Crippen molar-refractivity contribution in [3.63, 3.8) is 0 Å². The summed E-state index contributed by atoms with van der Waals surface area (Å²) >= 11 is 0. The smallest absolute Gasteiger partial charge is 0.243 e. The van der Waals surface area contributed by atoms with Gasteiger partial charge in [0.15, 0.2) is 0 Å². The number of rotatable bonds is 4. The first kappa shape index (κ1) is 14.0.